The van der Waals surface area contributed by atoms with Crippen molar-refractivity contribution >= 4 is 41.0 Å². The molecular formula is C79H78F6N22O6. The molecule has 6 aromatic carbocycles. The minimum absolute atomic E-state index is 0.0286. The van der Waals surface area contributed by atoms with E-state index >= 15 is 0 Å². The number of benzene rings is 6. The number of anilines is 4. The van der Waals surface area contributed by atoms with Gasteiger partial charge < -0.3 is 48.5 Å². The lowest BCUT2D eigenvalue weighted by atomic mass is 10.2. The molecule has 0 bridgehead atoms. The van der Waals surface area contributed by atoms with Gasteiger partial charge in [-0.15, -0.1) is 15.3 Å². The third-order valence-electron chi connectivity index (χ3n) is 18.5. The van der Waals surface area contributed by atoms with Gasteiger partial charge in [0.1, 0.15) is 103 Å². The smallest absolute Gasteiger partial charge is 0.244 e. The molecular weight excluding hydrogens is 1470 g/mol. The quantitative estimate of drug-likeness (QED) is 0.0451. The van der Waals surface area contributed by atoms with E-state index in [9.17, 15) is 40.7 Å². The minimum atomic E-state index is -0.380. The Bertz CT molecular complexity index is 5180. The van der Waals surface area contributed by atoms with Gasteiger partial charge in [0.15, 0.2) is 34.9 Å². The molecule has 3 aliphatic rings. The molecule has 9 heterocycles. The lowest BCUT2D eigenvalue weighted by Crippen LogP contribution is -2.50. The van der Waals surface area contributed by atoms with Crippen molar-refractivity contribution in [3.8, 4) is 80.1 Å². The molecule has 3 aliphatic heterocycles. The zero-order valence-corrected chi connectivity index (χ0v) is 62.1. The highest BCUT2D eigenvalue weighted by Gasteiger charge is 2.29. The molecule has 113 heavy (non-hydrogen) atoms. The van der Waals surface area contributed by atoms with Crippen LogP contribution in [0.3, 0.4) is 0 Å². The van der Waals surface area contributed by atoms with Gasteiger partial charge in [-0.1, -0.05) is 0 Å². The average Bonchev–Trinajstić information content (AvgIpc) is 1.73. The summed E-state index contributed by atoms with van der Waals surface area (Å²) in [6, 6.07) is 40.5. The summed E-state index contributed by atoms with van der Waals surface area (Å²) in [5.74, 6) is 3.87. The lowest BCUT2D eigenvalue weighted by molar-refractivity contribution is -0.133. The maximum atomic E-state index is 13.5. The van der Waals surface area contributed by atoms with Gasteiger partial charge in [0.05, 0.1) is 13.2 Å². The third-order valence-corrected chi connectivity index (χ3v) is 18.5. The summed E-state index contributed by atoms with van der Waals surface area (Å²) in [7, 11) is 5.45. The molecule has 3 fully saturated rings. The number of hydrogen-bond acceptors (Lipinski definition) is 22. The lowest BCUT2D eigenvalue weighted by Gasteiger charge is -2.35. The fourth-order valence-electron chi connectivity index (χ4n) is 12.5. The standard InChI is InChI=1S/C27H27F2N7O3.C26H26F2N8O.C26H25F2N7O2/c1-38-14-15-39-24-16-23(30-18-31-24)34-10-12-35(13-11-34)25(37)17-36-27(20-4-8-22(29)9-5-20)32-26(33-36)19-2-6-21(28)7-3-19;1-33(2)22-15-23(30-17-29-22)34-11-13-35(14-12-34)24(37)16-36-26(19-5-9-21(28)10-6-19)31-25(32-36)18-3-7-20(27)8-4-18;1-2-37-23-15-22(29-17-30-23)33-11-13-34(14-12-33)24(36)16-35-26(19-5-9-21(28)10-6-19)31-25(32-35)18-3-7-20(27)8-4-18/h2-9,16,18H,10-15,17H2,1H3;3-10,15,17H,11-14,16H2,1-2H3;3-10,15,17H,2,11-14,16H2,1H3. The molecule has 0 radical (unpaired) electrons. The number of ether oxygens (including phenoxy) is 3. The van der Waals surface area contributed by atoms with E-state index in [-0.39, 0.29) is 72.3 Å². The van der Waals surface area contributed by atoms with E-state index in [0.717, 1.165) is 23.3 Å². The van der Waals surface area contributed by atoms with Crippen LogP contribution in [-0.2, 0) is 38.8 Å². The van der Waals surface area contributed by atoms with E-state index in [1.165, 1.54) is 99.5 Å². The van der Waals surface area contributed by atoms with Crippen LogP contribution < -0.4 is 29.1 Å². The van der Waals surface area contributed by atoms with E-state index in [0.29, 0.717) is 178 Å². The van der Waals surface area contributed by atoms with Crippen LogP contribution in [0.4, 0.5) is 49.6 Å². The first-order chi connectivity index (χ1) is 54.9. The molecule has 12 aromatic rings. The summed E-state index contributed by atoms with van der Waals surface area (Å²) >= 11 is 0. The van der Waals surface area contributed by atoms with Crippen LogP contribution in [0, 0.1) is 34.9 Å². The highest BCUT2D eigenvalue weighted by Crippen LogP contribution is 2.30. The Morgan fingerprint density at radius 2 is 0.646 bits per heavy atom. The van der Waals surface area contributed by atoms with Crippen LogP contribution in [-0.4, -0.2) is 226 Å². The van der Waals surface area contributed by atoms with Gasteiger partial charge in [-0.25, -0.2) is 85.2 Å². The Balaban J connectivity index is 0.000000148. The molecule has 0 saturated carbocycles. The summed E-state index contributed by atoms with van der Waals surface area (Å²) in [6.45, 7) is 9.89. The van der Waals surface area contributed by atoms with Crippen molar-refractivity contribution in [2.24, 2.45) is 0 Å². The molecule has 28 nitrogen and oxygen atoms in total. The second-order valence-electron chi connectivity index (χ2n) is 26.2. The summed E-state index contributed by atoms with van der Waals surface area (Å²) in [5.41, 5.74) is 3.69. The number of nitrogens with zero attached hydrogens (tertiary/aromatic N) is 22. The minimum Gasteiger partial charge on any atom is -0.478 e. The van der Waals surface area contributed by atoms with Crippen LogP contribution in [0.2, 0.25) is 0 Å². The van der Waals surface area contributed by atoms with E-state index in [2.05, 4.69) is 74.9 Å². The number of carbonyl (C=O) groups excluding carboxylic acids is 3. The van der Waals surface area contributed by atoms with Gasteiger partial charge in [0.25, 0.3) is 0 Å². The molecule has 0 spiro atoms. The van der Waals surface area contributed by atoms with Crippen LogP contribution in [0.15, 0.2) is 183 Å². The summed E-state index contributed by atoms with van der Waals surface area (Å²) in [4.78, 5) is 92.6. The van der Waals surface area contributed by atoms with Crippen LogP contribution >= 0.6 is 0 Å². The third kappa shape index (κ3) is 20.0. The first kappa shape index (κ1) is 77.9. The SMILES string of the molecule is CCOc1cc(N2CCN(C(=O)Cn3nc(-c4ccc(F)cc4)nc3-c3ccc(F)cc3)CC2)ncn1.CN(C)c1cc(N2CCN(C(=O)Cn3nc(-c4ccc(F)cc4)nc3-c3ccc(F)cc3)CC2)ncn1.COCCOc1cc(N2CCN(C(=O)Cn3nc(-c4ccc(F)cc4)nc3-c3ccc(F)cc3)CC2)ncn1. The Labute approximate surface area is 645 Å². The molecule has 0 unspecified atom stereocenters. The molecule has 3 amide bonds. The maximum absolute atomic E-state index is 13.5. The first-order valence-corrected chi connectivity index (χ1v) is 36.2. The van der Waals surface area contributed by atoms with Crippen LogP contribution in [0.1, 0.15) is 6.92 Å². The normalized spacial score (nSPS) is 13.6. The monoisotopic (exact) mass is 1540 g/mol. The Morgan fingerprint density at radius 1 is 0.363 bits per heavy atom. The molecule has 3 saturated heterocycles. The predicted octanol–water partition coefficient (Wildman–Crippen LogP) is 9.58. The predicted molar refractivity (Wildman–Crippen MR) is 408 cm³/mol. The molecule has 34 heteroatoms. The highest BCUT2D eigenvalue weighted by molar-refractivity contribution is 5.79. The molecule has 582 valence electrons. The van der Waals surface area contributed by atoms with E-state index in [1.54, 1.807) is 113 Å². The first-order valence-electron chi connectivity index (χ1n) is 36.2. The number of amides is 3. The number of rotatable bonds is 22. The Kier molecular flexibility index (Phi) is 25.2. The number of piperazine rings is 3. The maximum Gasteiger partial charge on any atom is 0.244 e. The number of hydrogen-bond donors (Lipinski definition) is 0. The summed E-state index contributed by atoms with van der Waals surface area (Å²) in [6.07, 6.45) is 4.47. The fraction of sp³-hybridized carbons (Fsp3) is 0.278. The molecule has 6 aromatic heterocycles. The topological polar surface area (TPSA) is 271 Å². The number of methoxy groups -OCH3 is 1. The molecule has 0 N–H and O–H groups in total. The van der Waals surface area contributed by atoms with Gasteiger partial charge in [-0.05, 0) is 153 Å². The molecule has 0 aliphatic carbocycles. The largest absolute Gasteiger partial charge is 0.478 e. The van der Waals surface area contributed by atoms with Crippen molar-refractivity contribution in [1.29, 1.82) is 0 Å². The number of carbonyl (C=O) groups is 3. The summed E-state index contributed by atoms with van der Waals surface area (Å²) in [5, 5.41) is 13.6. The zero-order valence-electron chi connectivity index (χ0n) is 62.1. The van der Waals surface area contributed by atoms with Gasteiger partial charge in [-0.2, -0.15) is 0 Å². The van der Waals surface area contributed by atoms with Gasteiger partial charge in [0, 0.05) is 151 Å². The number of aromatic nitrogens is 15. The average molecular weight is 1550 g/mol. The summed E-state index contributed by atoms with van der Waals surface area (Å²) < 4.78 is 101. The van der Waals surface area contributed by atoms with Crippen molar-refractivity contribution in [2.75, 3.05) is 139 Å². The van der Waals surface area contributed by atoms with Crippen molar-refractivity contribution in [3.05, 3.63) is 218 Å². The Morgan fingerprint density at radius 3 is 0.938 bits per heavy atom. The molecule has 0 atom stereocenters. The van der Waals surface area contributed by atoms with Crippen molar-refractivity contribution < 1.29 is 54.9 Å². The zero-order chi connectivity index (χ0) is 78.9. The number of halogens is 6. The van der Waals surface area contributed by atoms with Gasteiger partial charge in [-0.3, -0.25) is 14.4 Å². The van der Waals surface area contributed by atoms with Crippen molar-refractivity contribution in [2.45, 2.75) is 26.6 Å². The van der Waals surface area contributed by atoms with E-state index < -0.39 is 0 Å². The second-order valence-corrected chi connectivity index (χ2v) is 26.2. The van der Waals surface area contributed by atoms with Gasteiger partial charge in [0.2, 0.25) is 29.5 Å². The Hall–Kier alpha value is -13.3. The van der Waals surface area contributed by atoms with Crippen LogP contribution in [0.25, 0.3) is 68.3 Å². The second kappa shape index (κ2) is 36.5. The van der Waals surface area contributed by atoms with Crippen molar-refractivity contribution in [1.82, 2.24) is 88.9 Å². The van der Waals surface area contributed by atoms with Gasteiger partial charge >= 0.3 is 0 Å². The molecule has 15 rings (SSSR count). The van der Waals surface area contributed by atoms with Crippen molar-refractivity contribution in [3.63, 3.8) is 0 Å². The van der Waals surface area contributed by atoms with Crippen LogP contribution in [0.5, 0.6) is 11.8 Å². The fourth-order valence-corrected chi connectivity index (χ4v) is 12.5. The van der Waals surface area contributed by atoms with E-state index in [1.807, 2.05) is 32.0 Å². The van der Waals surface area contributed by atoms with E-state index in [4.69, 9.17) is 14.2 Å². The highest BCUT2D eigenvalue weighted by atomic mass is 19.1.